The number of nitrogens with one attached hydrogen (secondary N) is 1. The van der Waals surface area contributed by atoms with Crippen LogP contribution in [0.3, 0.4) is 0 Å². The predicted octanol–water partition coefficient (Wildman–Crippen LogP) is 3.76. The van der Waals surface area contributed by atoms with Gasteiger partial charge in [0.2, 0.25) is 5.91 Å². The number of para-hydroxylation sites is 1. The number of hydrogen-bond acceptors (Lipinski definition) is 5. The summed E-state index contributed by atoms with van der Waals surface area (Å²) in [4.78, 5) is 47.3. The average Bonchev–Trinajstić information content (AvgIpc) is 3.74. The molecule has 3 atom stereocenters. The minimum absolute atomic E-state index is 0.0762. The van der Waals surface area contributed by atoms with Crippen molar-refractivity contribution in [1.29, 1.82) is 0 Å². The number of nitrogens with two attached hydrogens (primary N) is 1. The Morgan fingerprint density at radius 3 is 2.44 bits per heavy atom. The average molecular weight is 490 g/mol. The molecular formula is C28H35N5O3. The molecule has 1 aromatic heterocycles. The number of likely N-dealkylation sites (tertiary alicyclic amines) is 1. The molecule has 1 saturated heterocycles. The maximum atomic E-state index is 13.7. The number of nitrogen functional groups attached to an aromatic ring is 1. The van der Waals surface area contributed by atoms with Gasteiger partial charge in [0.1, 0.15) is 11.9 Å². The fourth-order valence-corrected chi connectivity index (χ4v) is 5.89. The van der Waals surface area contributed by atoms with Gasteiger partial charge in [0.25, 0.3) is 5.91 Å². The third-order valence-electron chi connectivity index (χ3n) is 8.04. The van der Waals surface area contributed by atoms with E-state index in [0.717, 1.165) is 36.1 Å². The number of hydrogen-bond donors (Lipinski definition) is 2. The molecule has 8 nitrogen and oxygen atoms in total. The molecule has 2 saturated carbocycles. The number of carbonyl (C=O) groups excluding carboxylic acids is 3. The van der Waals surface area contributed by atoms with Gasteiger partial charge < -0.3 is 16.0 Å². The Hall–Kier alpha value is -3.42. The van der Waals surface area contributed by atoms with Crippen LogP contribution in [0.4, 0.5) is 16.3 Å². The largest absolute Gasteiger partial charge is 0.384 e. The van der Waals surface area contributed by atoms with Crippen LogP contribution in [0, 0.1) is 17.8 Å². The normalized spacial score (nSPS) is 23.0. The second-order valence-electron chi connectivity index (χ2n) is 10.5. The van der Waals surface area contributed by atoms with E-state index >= 15 is 0 Å². The summed E-state index contributed by atoms with van der Waals surface area (Å²) < 4.78 is 0. The minimum Gasteiger partial charge on any atom is -0.384 e. The zero-order valence-corrected chi connectivity index (χ0v) is 20.8. The molecule has 4 amide bonds. The van der Waals surface area contributed by atoms with Crippen molar-refractivity contribution in [1.82, 2.24) is 15.2 Å². The number of anilines is 2. The molecule has 8 heteroatoms. The van der Waals surface area contributed by atoms with Gasteiger partial charge in [0, 0.05) is 25.0 Å². The fourth-order valence-electron chi connectivity index (χ4n) is 5.89. The van der Waals surface area contributed by atoms with Gasteiger partial charge in [-0.15, -0.1) is 0 Å². The van der Waals surface area contributed by atoms with Crippen molar-refractivity contribution in [2.75, 3.05) is 17.7 Å². The van der Waals surface area contributed by atoms with Crippen molar-refractivity contribution in [3.05, 3.63) is 54.2 Å². The number of imide groups is 1. The molecular weight excluding hydrogens is 454 g/mol. The van der Waals surface area contributed by atoms with Gasteiger partial charge >= 0.3 is 6.03 Å². The summed E-state index contributed by atoms with van der Waals surface area (Å²) in [6.45, 7) is 0. The standard InChI is InChI=1S/C28H35N5O3/c1-32(21-10-6-3-7-11-21)27(35)25-22(16-18-14-15-30-23(29)17-18)26(34)33(25)28(36)31-24(20-12-13-20)19-8-4-2-5-9-19/h3,6-7,10-11,14-15,17,19-20,22,24-25H,2,4-5,8-9,12-13,16H2,1H3,(H2,29,30)(H,31,36)/t22?,24-,25-/m0/s1. The Bertz CT molecular complexity index is 1110. The molecule has 0 radical (unpaired) electrons. The first-order chi connectivity index (χ1) is 17.4. The molecule has 1 aromatic carbocycles. The lowest BCUT2D eigenvalue weighted by Gasteiger charge is -2.46. The number of pyridine rings is 1. The SMILES string of the molecule is CN(C(=O)[C@@H]1C(Cc2ccnc(N)c2)C(=O)N1C(=O)N[C@@H](C1CCCCC1)C1CC1)c1ccccc1. The Morgan fingerprint density at radius 1 is 1.08 bits per heavy atom. The maximum Gasteiger partial charge on any atom is 0.325 e. The molecule has 1 unspecified atom stereocenters. The maximum absolute atomic E-state index is 13.7. The number of carbonyl (C=O) groups is 3. The first kappa shape index (κ1) is 24.3. The van der Waals surface area contributed by atoms with Crippen molar-refractivity contribution >= 4 is 29.4 Å². The highest BCUT2D eigenvalue weighted by molar-refractivity contribution is 6.12. The second kappa shape index (κ2) is 10.3. The zero-order chi connectivity index (χ0) is 25.2. The number of benzene rings is 1. The van der Waals surface area contributed by atoms with Gasteiger partial charge in [0.05, 0.1) is 5.92 Å². The molecule has 3 aliphatic rings. The number of likely N-dealkylation sites (N-methyl/N-ethyl adjacent to an activating group) is 1. The highest BCUT2D eigenvalue weighted by atomic mass is 16.2. The van der Waals surface area contributed by atoms with Gasteiger partial charge in [-0.05, 0) is 73.8 Å². The minimum atomic E-state index is -0.872. The van der Waals surface area contributed by atoms with E-state index < -0.39 is 18.0 Å². The number of β-lactam (4-membered cyclic amide) rings is 1. The smallest absolute Gasteiger partial charge is 0.325 e. The van der Waals surface area contributed by atoms with Crippen LogP contribution in [-0.4, -0.2) is 46.9 Å². The highest BCUT2D eigenvalue weighted by Crippen LogP contribution is 2.41. The van der Waals surface area contributed by atoms with E-state index in [1.165, 1.54) is 24.2 Å². The van der Waals surface area contributed by atoms with Crippen molar-refractivity contribution < 1.29 is 14.4 Å². The quantitative estimate of drug-likeness (QED) is 0.576. The molecule has 5 rings (SSSR count). The van der Waals surface area contributed by atoms with Crippen LogP contribution < -0.4 is 16.0 Å². The zero-order valence-electron chi connectivity index (χ0n) is 20.8. The van der Waals surface area contributed by atoms with Crippen LogP contribution >= 0.6 is 0 Å². The van der Waals surface area contributed by atoms with Gasteiger partial charge in [-0.3, -0.25) is 14.5 Å². The van der Waals surface area contributed by atoms with Gasteiger partial charge in [0.15, 0.2) is 0 Å². The van der Waals surface area contributed by atoms with E-state index in [4.69, 9.17) is 5.73 Å². The summed E-state index contributed by atoms with van der Waals surface area (Å²) in [6.07, 6.45) is 9.98. The summed E-state index contributed by atoms with van der Waals surface area (Å²) in [5.74, 6) is 0.0566. The number of rotatable bonds is 7. The van der Waals surface area contributed by atoms with Crippen molar-refractivity contribution in [2.45, 2.75) is 63.5 Å². The molecule has 0 bridgehead atoms. The Balaban J connectivity index is 1.37. The van der Waals surface area contributed by atoms with Gasteiger partial charge in [-0.1, -0.05) is 37.5 Å². The van der Waals surface area contributed by atoms with E-state index in [0.29, 0.717) is 29.8 Å². The van der Waals surface area contributed by atoms with E-state index in [2.05, 4.69) is 10.3 Å². The molecule has 2 aliphatic carbocycles. The van der Waals surface area contributed by atoms with E-state index in [1.807, 2.05) is 30.3 Å². The molecule has 1 aliphatic heterocycles. The van der Waals surface area contributed by atoms with Crippen LogP contribution in [0.2, 0.25) is 0 Å². The van der Waals surface area contributed by atoms with Crippen LogP contribution in [0.15, 0.2) is 48.7 Å². The molecule has 3 N–H and O–H groups in total. The summed E-state index contributed by atoms with van der Waals surface area (Å²) in [6, 6.07) is 11.6. The molecule has 2 aromatic rings. The Labute approximate surface area is 212 Å². The van der Waals surface area contributed by atoms with Crippen LogP contribution in [0.1, 0.15) is 50.5 Å². The summed E-state index contributed by atoms with van der Waals surface area (Å²) >= 11 is 0. The first-order valence-electron chi connectivity index (χ1n) is 13.1. The highest BCUT2D eigenvalue weighted by Gasteiger charge is 2.56. The van der Waals surface area contributed by atoms with E-state index in [1.54, 1.807) is 25.4 Å². The third-order valence-corrected chi connectivity index (χ3v) is 8.04. The molecule has 36 heavy (non-hydrogen) atoms. The van der Waals surface area contributed by atoms with Crippen LogP contribution in [0.5, 0.6) is 0 Å². The van der Waals surface area contributed by atoms with E-state index in [9.17, 15) is 14.4 Å². The van der Waals surface area contributed by atoms with Crippen molar-refractivity contribution in [3.8, 4) is 0 Å². The number of amides is 4. The summed E-state index contributed by atoms with van der Waals surface area (Å²) in [5, 5.41) is 3.20. The topological polar surface area (TPSA) is 109 Å². The van der Waals surface area contributed by atoms with Crippen molar-refractivity contribution in [3.63, 3.8) is 0 Å². The summed E-state index contributed by atoms with van der Waals surface area (Å²) in [7, 11) is 1.69. The third kappa shape index (κ3) is 4.94. The van der Waals surface area contributed by atoms with Gasteiger partial charge in [-0.2, -0.15) is 0 Å². The van der Waals surface area contributed by atoms with Crippen molar-refractivity contribution in [2.24, 2.45) is 17.8 Å². The Kier molecular flexibility index (Phi) is 6.94. The molecule has 190 valence electrons. The molecule has 2 heterocycles. The van der Waals surface area contributed by atoms with E-state index in [-0.39, 0.29) is 17.9 Å². The predicted molar refractivity (Wildman–Crippen MR) is 138 cm³/mol. The number of urea groups is 1. The number of aromatic nitrogens is 1. The lowest BCUT2D eigenvalue weighted by atomic mass is 9.80. The molecule has 3 fully saturated rings. The number of nitrogens with zero attached hydrogens (tertiary/aromatic N) is 3. The Morgan fingerprint density at radius 2 is 1.78 bits per heavy atom. The van der Waals surface area contributed by atoms with Gasteiger partial charge in [-0.25, -0.2) is 9.78 Å². The fraction of sp³-hybridized carbons (Fsp3) is 0.500. The monoisotopic (exact) mass is 489 g/mol. The summed E-state index contributed by atoms with van der Waals surface area (Å²) in [5.41, 5.74) is 7.37. The lowest BCUT2D eigenvalue weighted by Crippen LogP contribution is -2.71. The molecule has 0 spiro atoms. The van der Waals surface area contributed by atoms with Crippen LogP contribution in [-0.2, 0) is 16.0 Å². The van der Waals surface area contributed by atoms with Crippen LogP contribution in [0.25, 0.3) is 0 Å². The first-order valence-corrected chi connectivity index (χ1v) is 13.1. The second-order valence-corrected chi connectivity index (χ2v) is 10.5. The lowest BCUT2D eigenvalue weighted by molar-refractivity contribution is -0.156.